The fourth-order valence-corrected chi connectivity index (χ4v) is 4.38. The van der Waals surface area contributed by atoms with Gasteiger partial charge in [0, 0.05) is 12.0 Å². The van der Waals surface area contributed by atoms with Crippen LogP contribution in [0.25, 0.3) is 0 Å². The summed E-state index contributed by atoms with van der Waals surface area (Å²) < 4.78 is 0. The molecule has 1 fully saturated rings. The Morgan fingerprint density at radius 3 is 2.38 bits per heavy atom. The largest absolute Gasteiger partial charge is 0.294 e. The Morgan fingerprint density at radius 1 is 0.966 bits per heavy atom. The van der Waals surface area contributed by atoms with E-state index in [-0.39, 0.29) is 11.9 Å². The van der Waals surface area contributed by atoms with E-state index >= 15 is 0 Å². The minimum atomic E-state index is -0.0252. The van der Waals surface area contributed by atoms with Gasteiger partial charge in [-0.15, -0.1) is 0 Å². The summed E-state index contributed by atoms with van der Waals surface area (Å²) in [7, 11) is 0. The highest BCUT2D eigenvalue weighted by Crippen LogP contribution is 2.34. The van der Waals surface area contributed by atoms with Gasteiger partial charge in [0.1, 0.15) is 0 Å². The lowest BCUT2D eigenvalue weighted by Gasteiger charge is -2.29. The Morgan fingerprint density at radius 2 is 1.66 bits per heavy atom. The Kier molecular flexibility index (Phi) is 5.81. The molecule has 4 nitrogen and oxygen atoms in total. The van der Waals surface area contributed by atoms with Gasteiger partial charge in [0.2, 0.25) is 0 Å². The van der Waals surface area contributed by atoms with Crippen LogP contribution in [0.1, 0.15) is 59.5 Å². The number of hydrogen-bond acceptors (Lipinski definition) is 3. The number of hydrazone groups is 1. The second-order valence-corrected chi connectivity index (χ2v) is 8.57. The molecule has 1 atom stereocenters. The quantitative estimate of drug-likeness (QED) is 0.755. The van der Waals surface area contributed by atoms with Gasteiger partial charge >= 0.3 is 0 Å². The molecule has 1 amide bonds. The molecule has 0 bridgehead atoms. The highest BCUT2D eigenvalue weighted by Gasteiger charge is 2.34. The fraction of sp³-hybridized carbons (Fsp3) is 0.440. The number of piperidine rings is 1. The molecule has 4 rings (SSSR count). The number of nitrogens with zero attached hydrogens (tertiary/aromatic N) is 3. The zero-order valence-electron chi connectivity index (χ0n) is 17.8. The summed E-state index contributed by atoms with van der Waals surface area (Å²) in [5.41, 5.74) is 7.00. The standard InChI is InChI=1S/C25H31N3O/c1-18-8-11-21(12-9-18)24-16-23(22-15-19(2)7-10-20(22)3)26-28(24)25(29)17-27-13-5-4-6-14-27/h7-12,15,24H,4-6,13-14,16-17H2,1-3H3. The Hall–Kier alpha value is -2.46. The third-order valence-electron chi connectivity index (χ3n) is 6.14. The van der Waals surface area contributed by atoms with Crippen molar-refractivity contribution in [2.24, 2.45) is 5.10 Å². The van der Waals surface area contributed by atoms with Crippen LogP contribution in [0, 0.1) is 20.8 Å². The first-order valence-corrected chi connectivity index (χ1v) is 10.8. The van der Waals surface area contributed by atoms with Gasteiger partial charge in [-0.2, -0.15) is 5.10 Å². The minimum absolute atomic E-state index is 0.0252. The Bertz CT molecular complexity index is 910. The van der Waals surface area contributed by atoms with E-state index in [0.29, 0.717) is 6.54 Å². The van der Waals surface area contributed by atoms with Crippen molar-refractivity contribution in [3.05, 3.63) is 70.3 Å². The Balaban J connectivity index is 1.64. The molecule has 1 unspecified atom stereocenters. The summed E-state index contributed by atoms with van der Waals surface area (Å²) in [5.74, 6) is 0.109. The van der Waals surface area contributed by atoms with Gasteiger partial charge in [-0.25, -0.2) is 5.01 Å². The van der Waals surface area contributed by atoms with Gasteiger partial charge in [-0.05, 0) is 63.9 Å². The highest BCUT2D eigenvalue weighted by molar-refractivity contribution is 6.04. The van der Waals surface area contributed by atoms with Crippen molar-refractivity contribution >= 4 is 11.6 Å². The van der Waals surface area contributed by atoms with E-state index in [2.05, 4.69) is 68.1 Å². The van der Waals surface area contributed by atoms with Gasteiger partial charge in [-0.3, -0.25) is 9.69 Å². The molecule has 2 aliphatic rings. The lowest BCUT2D eigenvalue weighted by atomic mass is 9.94. The van der Waals surface area contributed by atoms with Crippen molar-refractivity contribution in [3.63, 3.8) is 0 Å². The number of likely N-dealkylation sites (tertiary alicyclic amines) is 1. The van der Waals surface area contributed by atoms with Crippen LogP contribution in [0.5, 0.6) is 0 Å². The summed E-state index contributed by atoms with van der Waals surface area (Å²) >= 11 is 0. The third kappa shape index (κ3) is 4.43. The van der Waals surface area contributed by atoms with Gasteiger partial charge < -0.3 is 0 Å². The molecule has 0 radical (unpaired) electrons. The summed E-state index contributed by atoms with van der Waals surface area (Å²) in [4.78, 5) is 15.6. The molecule has 0 aromatic heterocycles. The van der Waals surface area contributed by atoms with Crippen LogP contribution in [0.15, 0.2) is 47.6 Å². The number of hydrogen-bond donors (Lipinski definition) is 0. The summed E-state index contributed by atoms with van der Waals surface area (Å²) in [5, 5.41) is 6.64. The van der Waals surface area contributed by atoms with Crippen LogP contribution in [0.4, 0.5) is 0 Å². The first-order chi connectivity index (χ1) is 14.0. The average Bonchev–Trinajstić information content (AvgIpc) is 3.16. The first-order valence-electron chi connectivity index (χ1n) is 10.8. The van der Waals surface area contributed by atoms with E-state index in [1.807, 2.05) is 0 Å². The second kappa shape index (κ2) is 8.50. The molecule has 0 saturated carbocycles. The maximum absolute atomic E-state index is 13.3. The zero-order chi connectivity index (χ0) is 20.4. The fourth-order valence-electron chi connectivity index (χ4n) is 4.38. The van der Waals surface area contributed by atoms with Gasteiger partial charge in [-0.1, -0.05) is 53.9 Å². The molecule has 2 aliphatic heterocycles. The molecule has 4 heteroatoms. The zero-order valence-corrected chi connectivity index (χ0v) is 17.8. The number of carbonyl (C=O) groups is 1. The van der Waals surface area contributed by atoms with Crippen molar-refractivity contribution < 1.29 is 4.79 Å². The summed E-state index contributed by atoms with van der Waals surface area (Å²) in [6.45, 7) is 8.82. The number of amides is 1. The number of rotatable bonds is 4. The van der Waals surface area contributed by atoms with Crippen molar-refractivity contribution in [2.75, 3.05) is 19.6 Å². The minimum Gasteiger partial charge on any atom is -0.294 e. The van der Waals surface area contributed by atoms with Crippen LogP contribution in [-0.4, -0.2) is 41.2 Å². The summed E-state index contributed by atoms with van der Waals surface area (Å²) in [6, 6.07) is 15.0. The van der Waals surface area contributed by atoms with E-state index in [9.17, 15) is 4.79 Å². The topological polar surface area (TPSA) is 35.9 Å². The Labute approximate surface area is 174 Å². The van der Waals surface area contributed by atoms with Crippen LogP contribution >= 0.6 is 0 Å². The molecule has 0 N–H and O–H groups in total. The maximum atomic E-state index is 13.3. The van der Waals surface area contributed by atoms with E-state index in [1.165, 1.54) is 36.0 Å². The van der Waals surface area contributed by atoms with E-state index in [4.69, 9.17) is 5.10 Å². The predicted octanol–water partition coefficient (Wildman–Crippen LogP) is 4.78. The molecule has 2 aromatic rings. The monoisotopic (exact) mass is 389 g/mol. The molecular formula is C25H31N3O. The van der Waals surface area contributed by atoms with Crippen LogP contribution in [-0.2, 0) is 4.79 Å². The average molecular weight is 390 g/mol. The summed E-state index contributed by atoms with van der Waals surface area (Å²) in [6.07, 6.45) is 4.41. The van der Waals surface area contributed by atoms with Gasteiger partial charge in [0.05, 0.1) is 18.3 Å². The van der Waals surface area contributed by atoms with Gasteiger partial charge in [0.25, 0.3) is 5.91 Å². The molecule has 0 aliphatic carbocycles. The van der Waals surface area contributed by atoms with E-state index in [1.54, 1.807) is 5.01 Å². The molecule has 2 heterocycles. The van der Waals surface area contributed by atoms with Crippen molar-refractivity contribution in [2.45, 2.75) is 52.5 Å². The smallest absolute Gasteiger partial charge is 0.257 e. The second-order valence-electron chi connectivity index (χ2n) is 8.57. The molecular weight excluding hydrogens is 358 g/mol. The van der Waals surface area contributed by atoms with Crippen molar-refractivity contribution in [1.82, 2.24) is 9.91 Å². The number of aryl methyl sites for hydroxylation is 3. The predicted molar refractivity (Wildman–Crippen MR) is 118 cm³/mol. The normalized spacial score (nSPS) is 20.0. The lowest BCUT2D eigenvalue weighted by molar-refractivity contribution is -0.134. The van der Waals surface area contributed by atoms with Crippen LogP contribution < -0.4 is 0 Å². The van der Waals surface area contributed by atoms with Crippen LogP contribution in [0.3, 0.4) is 0 Å². The molecule has 152 valence electrons. The first kappa shape index (κ1) is 19.8. The molecule has 0 spiro atoms. The maximum Gasteiger partial charge on any atom is 0.257 e. The van der Waals surface area contributed by atoms with Crippen molar-refractivity contribution in [1.29, 1.82) is 0 Å². The van der Waals surface area contributed by atoms with E-state index < -0.39 is 0 Å². The lowest BCUT2D eigenvalue weighted by Crippen LogP contribution is -2.40. The van der Waals surface area contributed by atoms with Crippen molar-refractivity contribution in [3.8, 4) is 0 Å². The SMILES string of the molecule is Cc1ccc(C2CC(c3cc(C)ccc3C)=NN2C(=O)CN2CCCCC2)cc1. The molecule has 2 aromatic carbocycles. The van der Waals surface area contributed by atoms with Gasteiger partial charge in [0.15, 0.2) is 0 Å². The number of benzene rings is 2. The number of carbonyl (C=O) groups excluding carboxylic acids is 1. The van der Waals surface area contributed by atoms with Crippen LogP contribution in [0.2, 0.25) is 0 Å². The van der Waals surface area contributed by atoms with E-state index in [0.717, 1.165) is 36.3 Å². The molecule has 1 saturated heterocycles. The third-order valence-corrected chi connectivity index (χ3v) is 6.14. The highest BCUT2D eigenvalue weighted by atomic mass is 16.2. The molecule has 29 heavy (non-hydrogen) atoms.